The predicted octanol–water partition coefficient (Wildman–Crippen LogP) is 2.81. The molecule has 3 heteroatoms. The van der Waals surface area contributed by atoms with Crippen molar-refractivity contribution >= 4 is 5.78 Å². The fraction of sp³-hybridized carbons (Fsp3) is 0.188. The largest absolute Gasteiger partial charge is 0.489 e. The maximum Gasteiger partial charge on any atom is 0.178 e. The van der Waals surface area contributed by atoms with Gasteiger partial charge in [-0.15, -0.1) is 0 Å². The minimum Gasteiger partial charge on any atom is -0.489 e. The van der Waals surface area contributed by atoms with E-state index in [-0.39, 0.29) is 17.8 Å². The van der Waals surface area contributed by atoms with Gasteiger partial charge in [-0.25, -0.2) is 0 Å². The van der Waals surface area contributed by atoms with E-state index in [1.807, 2.05) is 48.5 Å². The van der Waals surface area contributed by atoms with Crippen LogP contribution in [0.2, 0.25) is 0 Å². The number of hydrogen-bond acceptors (Lipinski definition) is 3. The summed E-state index contributed by atoms with van der Waals surface area (Å²) < 4.78 is 11.6. The van der Waals surface area contributed by atoms with Gasteiger partial charge in [-0.2, -0.15) is 0 Å². The lowest BCUT2D eigenvalue weighted by Gasteiger charge is -2.36. The van der Waals surface area contributed by atoms with Gasteiger partial charge in [-0.1, -0.05) is 30.3 Å². The molecule has 2 heterocycles. The van der Waals surface area contributed by atoms with E-state index in [0.717, 1.165) is 11.3 Å². The highest BCUT2D eigenvalue weighted by Gasteiger charge is 2.42. The van der Waals surface area contributed by atoms with Gasteiger partial charge in [0, 0.05) is 5.56 Å². The fourth-order valence-electron chi connectivity index (χ4n) is 2.85. The molecule has 0 bridgehead atoms. The molecule has 0 aromatic heterocycles. The second kappa shape index (κ2) is 3.85. The van der Waals surface area contributed by atoms with E-state index in [0.29, 0.717) is 17.9 Å². The molecule has 0 N–H and O–H groups in total. The maximum absolute atomic E-state index is 12.7. The van der Waals surface area contributed by atoms with Gasteiger partial charge in [0.05, 0.1) is 11.5 Å². The molecule has 0 spiro atoms. The molecule has 2 atom stereocenters. The molecule has 0 saturated heterocycles. The van der Waals surface area contributed by atoms with E-state index in [4.69, 9.17) is 9.47 Å². The van der Waals surface area contributed by atoms with Gasteiger partial charge in [0.2, 0.25) is 0 Å². The van der Waals surface area contributed by atoms with Crippen molar-refractivity contribution in [1.82, 2.24) is 0 Å². The first-order chi connectivity index (χ1) is 9.34. The minimum absolute atomic E-state index is 0.127. The Morgan fingerprint density at radius 3 is 2.58 bits per heavy atom. The Bertz CT molecular complexity index is 663. The lowest BCUT2D eigenvalue weighted by molar-refractivity contribution is 0.0561. The van der Waals surface area contributed by atoms with Crippen LogP contribution >= 0.6 is 0 Å². The van der Waals surface area contributed by atoms with Crippen LogP contribution in [0.1, 0.15) is 21.8 Å². The van der Waals surface area contributed by atoms with Crippen LogP contribution in [0.15, 0.2) is 48.5 Å². The summed E-state index contributed by atoms with van der Waals surface area (Å²) in [5.74, 6) is 1.33. The highest BCUT2D eigenvalue weighted by molar-refractivity contribution is 6.05. The van der Waals surface area contributed by atoms with Gasteiger partial charge in [0.1, 0.15) is 24.2 Å². The van der Waals surface area contributed by atoms with Crippen molar-refractivity contribution in [3.8, 4) is 11.5 Å². The molecular weight excluding hydrogens is 240 g/mol. The molecule has 0 unspecified atom stereocenters. The molecule has 0 fully saturated rings. The van der Waals surface area contributed by atoms with Gasteiger partial charge in [0.25, 0.3) is 0 Å². The molecule has 2 aromatic carbocycles. The number of para-hydroxylation sites is 2. The van der Waals surface area contributed by atoms with E-state index in [1.54, 1.807) is 0 Å². The highest BCUT2D eigenvalue weighted by Crippen LogP contribution is 2.42. The molecule has 3 nitrogen and oxygen atoms in total. The first-order valence-electron chi connectivity index (χ1n) is 6.36. The molecule has 2 aromatic rings. The summed E-state index contributed by atoms with van der Waals surface area (Å²) in [6.45, 7) is 0.418. The zero-order chi connectivity index (χ0) is 12.8. The zero-order valence-electron chi connectivity index (χ0n) is 10.2. The van der Waals surface area contributed by atoms with Gasteiger partial charge in [-0.05, 0) is 18.2 Å². The molecule has 4 rings (SSSR count). The van der Waals surface area contributed by atoms with Crippen LogP contribution < -0.4 is 9.47 Å². The highest BCUT2D eigenvalue weighted by atomic mass is 16.5. The molecule has 0 amide bonds. The lowest BCUT2D eigenvalue weighted by atomic mass is 9.82. The molecule has 0 radical (unpaired) electrons. The van der Waals surface area contributed by atoms with Crippen LogP contribution in [0.4, 0.5) is 0 Å². The first-order valence-corrected chi connectivity index (χ1v) is 6.36. The Kier molecular flexibility index (Phi) is 2.15. The van der Waals surface area contributed by atoms with Crippen molar-refractivity contribution in [1.29, 1.82) is 0 Å². The molecule has 0 aliphatic carbocycles. The number of benzene rings is 2. The number of ether oxygens (including phenoxy) is 2. The second-order valence-electron chi connectivity index (χ2n) is 4.84. The Labute approximate surface area is 110 Å². The summed E-state index contributed by atoms with van der Waals surface area (Å²) >= 11 is 0. The summed E-state index contributed by atoms with van der Waals surface area (Å²) in [6, 6.07) is 15.1. The Hall–Kier alpha value is -2.29. The number of Topliss-reactive ketones (excluding diaryl/α,β-unsaturated/α-hetero) is 1. The quantitative estimate of drug-likeness (QED) is 0.723. The van der Waals surface area contributed by atoms with Crippen LogP contribution in [0, 0.1) is 0 Å². The third kappa shape index (κ3) is 1.48. The molecule has 19 heavy (non-hydrogen) atoms. The SMILES string of the molecule is O=C1c2ccccc2O[C@@H]2COc3ccccc3[C@@H]12. The number of carbonyl (C=O) groups excluding carboxylic acids is 1. The molecule has 0 saturated carbocycles. The maximum atomic E-state index is 12.7. The van der Waals surface area contributed by atoms with Crippen molar-refractivity contribution in [2.24, 2.45) is 0 Å². The fourth-order valence-corrected chi connectivity index (χ4v) is 2.85. The molecular formula is C16H12O3. The van der Waals surface area contributed by atoms with E-state index in [2.05, 4.69) is 0 Å². The summed E-state index contributed by atoms with van der Waals surface area (Å²) in [4.78, 5) is 12.7. The Morgan fingerprint density at radius 1 is 0.947 bits per heavy atom. The summed E-state index contributed by atoms with van der Waals surface area (Å²) in [6.07, 6.45) is -0.225. The minimum atomic E-state index is -0.250. The number of hydrogen-bond donors (Lipinski definition) is 0. The molecule has 2 aliphatic heterocycles. The van der Waals surface area contributed by atoms with Crippen LogP contribution in [0.5, 0.6) is 11.5 Å². The van der Waals surface area contributed by atoms with Gasteiger partial charge >= 0.3 is 0 Å². The Balaban J connectivity index is 1.87. The monoisotopic (exact) mass is 252 g/mol. The van der Waals surface area contributed by atoms with Crippen molar-refractivity contribution in [3.05, 3.63) is 59.7 Å². The number of rotatable bonds is 0. The first kappa shape index (κ1) is 10.6. The smallest absolute Gasteiger partial charge is 0.178 e. The zero-order valence-corrected chi connectivity index (χ0v) is 10.2. The number of ketones is 1. The van der Waals surface area contributed by atoms with Crippen molar-refractivity contribution in [3.63, 3.8) is 0 Å². The second-order valence-corrected chi connectivity index (χ2v) is 4.84. The van der Waals surface area contributed by atoms with E-state index in [9.17, 15) is 4.79 Å². The summed E-state index contributed by atoms with van der Waals surface area (Å²) in [7, 11) is 0. The van der Waals surface area contributed by atoms with Crippen molar-refractivity contribution in [2.75, 3.05) is 6.61 Å². The molecule has 94 valence electrons. The van der Waals surface area contributed by atoms with Crippen LogP contribution in [0.25, 0.3) is 0 Å². The van der Waals surface area contributed by atoms with Crippen molar-refractivity contribution < 1.29 is 14.3 Å². The van der Waals surface area contributed by atoms with E-state index in [1.165, 1.54) is 0 Å². The average molecular weight is 252 g/mol. The third-order valence-electron chi connectivity index (χ3n) is 3.74. The van der Waals surface area contributed by atoms with Crippen LogP contribution in [-0.4, -0.2) is 18.5 Å². The van der Waals surface area contributed by atoms with Crippen molar-refractivity contribution in [2.45, 2.75) is 12.0 Å². The standard InChI is InChI=1S/C16H12O3/c17-16-11-6-2-4-8-13(11)19-14-9-18-12-7-3-1-5-10(12)15(14)16/h1-8,14-15H,9H2/t14-,15-/m1/s1. The average Bonchev–Trinajstić information content (AvgIpc) is 2.47. The predicted molar refractivity (Wildman–Crippen MR) is 69.9 cm³/mol. The number of carbonyl (C=O) groups is 1. The van der Waals surface area contributed by atoms with E-state index >= 15 is 0 Å². The van der Waals surface area contributed by atoms with Crippen LogP contribution in [-0.2, 0) is 0 Å². The van der Waals surface area contributed by atoms with Crippen LogP contribution in [0.3, 0.4) is 0 Å². The van der Waals surface area contributed by atoms with Gasteiger partial charge < -0.3 is 9.47 Å². The molecule has 2 aliphatic rings. The van der Waals surface area contributed by atoms with E-state index < -0.39 is 0 Å². The normalized spacial score (nSPS) is 23.5. The van der Waals surface area contributed by atoms with Gasteiger partial charge in [0.15, 0.2) is 5.78 Å². The number of fused-ring (bicyclic) bond motifs is 4. The topological polar surface area (TPSA) is 35.5 Å². The summed E-state index contributed by atoms with van der Waals surface area (Å²) in [5, 5.41) is 0. The third-order valence-corrected chi connectivity index (χ3v) is 3.74. The van der Waals surface area contributed by atoms with Gasteiger partial charge in [-0.3, -0.25) is 4.79 Å². The lowest BCUT2D eigenvalue weighted by Crippen LogP contribution is -2.42. The summed E-state index contributed by atoms with van der Waals surface area (Å²) in [5.41, 5.74) is 1.60. The Morgan fingerprint density at radius 2 is 1.68 bits per heavy atom.